The second kappa shape index (κ2) is 21.8. The van der Waals surface area contributed by atoms with Crippen molar-refractivity contribution in [2.45, 2.75) is 171 Å². The first-order valence-corrected chi connectivity index (χ1v) is 21.0. The SMILES string of the molecule is CCN1C(=O)CC(SC[C@H](NC(=O)CCCC(=O)NC(CC(C)(C)C)(CC(C)(C)C)CC(C)(C)C)C(=O)CCCOCCOCCC(=O)C(C)(C)C)C1=O. The van der Waals surface area contributed by atoms with Crippen LogP contribution in [-0.4, -0.2) is 95.7 Å². The zero-order chi connectivity index (χ0) is 41.5. The number of nitrogens with zero attached hydrogens (tertiary/aromatic N) is 1. The Morgan fingerprint density at radius 2 is 1.24 bits per heavy atom. The lowest BCUT2D eigenvalue weighted by Gasteiger charge is -2.46. The molecule has 2 N–H and O–H groups in total. The number of Topliss-reactive ketones (excluding diaryl/α,β-unsaturated/α-hetero) is 2. The van der Waals surface area contributed by atoms with E-state index >= 15 is 0 Å². The van der Waals surface area contributed by atoms with Gasteiger partial charge in [0.15, 0.2) is 5.78 Å². The Kier molecular flexibility index (Phi) is 20.1. The smallest absolute Gasteiger partial charge is 0.242 e. The van der Waals surface area contributed by atoms with Crippen molar-refractivity contribution in [1.29, 1.82) is 0 Å². The summed E-state index contributed by atoms with van der Waals surface area (Å²) in [4.78, 5) is 78.3. The van der Waals surface area contributed by atoms with Gasteiger partial charge in [0.1, 0.15) is 5.78 Å². The highest BCUT2D eigenvalue weighted by molar-refractivity contribution is 8.00. The number of amides is 4. The van der Waals surface area contributed by atoms with Crippen molar-refractivity contribution in [2.75, 3.05) is 38.7 Å². The zero-order valence-electron chi connectivity index (χ0n) is 36.1. The number of carbonyl (C=O) groups is 6. The summed E-state index contributed by atoms with van der Waals surface area (Å²) in [5, 5.41) is 5.70. The van der Waals surface area contributed by atoms with Crippen molar-refractivity contribution < 1.29 is 38.2 Å². The van der Waals surface area contributed by atoms with Gasteiger partial charge in [0.05, 0.1) is 31.1 Å². The molecular formula is C42H75N3O8S. The van der Waals surface area contributed by atoms with Crippen LogP contribution in [0.25, 0.3) is 0 Å². The van der Waals surface area contributed by atoms with Crippen LogP contribution in [-0.2, 0) is 38.2 Å². The molecule has 0 spiro atoms. The molecule has 4 amide bonds. The summed E-state index contributed by atoms with van der Waals surface area (Å²) in [6.45, 7) is 28.8. The number of nitrogens with one attached hydrogen (secondary N) is 2. The Morgan fingerprint density at radius 3 is 1.72 bits per heavy atom. The molecule has 0 aromatic rings. The third-order valence-corrected chi connectivity index (χ3v) is 10.2. The number of hydrogen-bond acceptors (Lipinski definition) is 9. The van der Waals surface area contributed by atoms with Crippen LogP contribution in [0.5, 0.6) is 0 Å². The lowest BCUT2D eigenvalue weighted by atomic mass is 9.66. The molecule has 0 radical (unpaired) electrons. The number of ketones is 2. The molecule has 0 aromatic carbocycles. The van der Waals surface area contributed by atoms with Gasteiger partial charge in [-0.15, -0.1) is 11.8 Å². The van der Waals surface area contributed by atoms with E-state index in [4.69, 9.17) is 9.47 Å². The van der Waals surface area contributed by atoms with Gasteiger partial charge in [-0.2, -0.15) is 0 Å². The van der Waals surface area contributed by atoms with Crippen molar-refractivity contribution in [1.82, 2.24) is 15.5 Å². The molecule has 1 saturated heterocycles. The summed E-state index contributed by atoms with van der Waals surface area (Å²) in [6, 6.07) is -0.850. The van der Waals surface area contributed by atoms with Gasteiger partial charge in [-0.25, -0.2) is 0 Å². The third kappa shape index (κ3) is 20.6. The topological polar surface area (TPSA) is 148 Å². The van der Waals surface area contributed by atoms with Gasteiger partial charge >= 0.3 is 0 Å². The minimum absolute atomic E-state index is 0.0105. The lowest BCUT2D eigenvalue weighted by Crippen LogP contribution is -2.54. The van der Waals surface area contributed by atoms with Gasteiger partial charge in [-0.1, -0.05) is 83.1 Å². The Hall–Kier alpha value is -2.31. The number of rotatable bonds is 24. The number of carbonyl (C=O) groups excluding carboxylic acids is 6. The van der Waals surface area contributed by atoms with Crippen molar-refractivity contribution in [3.63, 3.8) is 0 Å². The van der Waals surface area contributed by atoms with E-state index in [9.17, 15) is 28.8 Å². The minimum atomic E-state index is -0.850. The van der Waals surface area contributed by atoms with Gasteiger partial charge in [0, 0.05) is 62.0 Å². The summed E-state index contributed by atoms with van der Waals surface area (Å²) in [5.74, 6) is -0.817. The molecule has 2 atom stereocenters. The molecule has 54 heavy (non-hydrogen) atoms. The number of hydrogen-bond donors (Lipinski definition) is 2. The second-order valence-corrected chi connectivity index (χ2v) is 21.0. The molecule has 1 heterocycles. The van der Waals surface area contributed by atoms with Crippen molar-refractivity contribution in [2.24, 2.45) is 21.7 Å². The molecule has 0 bridgehead atoms. The summed E-state index contributed by atoms with van der Waals surface area (Å²) >= 11 is 1.22. The molecule has 1 unspecified atom stereocenters. The number of likely N-dealkylation sites (tertiary alicyclic amines) is 1. The van der Waals surface area contributed by atoms with Crippen LogP contribution in [0.1, 0.15) is 154 Å². The van der Waals surface area contributed by atoms with Gasteiger partial charge in [-0.3, -0.25) is 33.7 Å². The predicted octanol–water partition coefficient (Wildman–Crippen LogP) is 7.07. The van der Waals surface area contributed by atoms with Crippen LogP contribution in [0.15, 0.2) is 0 Å². The van der Waals surface area contributed by atoms with Crippen LogP contribution in [0.2, 0.25) is 0 Å². The first-order valence-electron chi connectivity index (χ1n) is 19.9. The lowest BCUT2D eigenvalue weighted by molar-refractivity contribution is -0.138. The summed E-state index contributed by atoms with van der Waals surface area (Å²) in [5.41, 5.74) is -0.829. The van der Waals surface area contributed by atoms with Crippen LogP contribution < -0.4 is 10.6 Å². The van der Waals surface area contributed by atoms with Crippen LogP contribution in [0.3, 0.4) is 0 Å². The fourth-order valence-corrected chi connectivity index (χ4v) is 8.55. The van der Waals surface area contributed by atoms with E-state index in [1.165, 1.54) is 16.7 Å². The molecule has 1 aliphatic heterocycles. The fourth-order valence-electron chi connectivity index (χ4n) is 7.33. The average Bonchev–Trinajstić information content (AvgIpc) is 3.25. The molecule has 0 aliphatic carbocycles. The summed E-state index contributed by atoms with van der Waals surface area (Å²) in [7, 11) is 0. The average molecular weight is 782 g/mol. The molecule has 312 valence electrons. The molecule has 1 rings (SSSR count). The maximum atomic E-state index is 13.5. The molecule has 12 heteroatoms. The van der Waals surface area contributed by atoms with Crippen LogP contribution >= 0.6 is 11.8 Å². The van der Waals surface area contributed by atoms with Crippen molar-refractivity contribution >= 4 is 47.0 Å². The highest BCUT2D eigenvalue weighted by Gasteiger charge is 2.42. The highest BCUT2D eigenvalue weighted by atomic mass is 32.2. The van der Waals surface area contributed by atoms with Crippen LogP contribution in [0, 0.1) is 21.7 Å². The maximum Gasteiger partial charge on any atom is 0.242 e. The first-order chi connectivity index (χ1) is 24.7. The quantitative estimate of drug-likeness (QED) is 0.0775. The van der Waals surface area contributed by atoms with Crippen LogP contribution in [0.4, 0.5) is 0 Å². The predicted molar refractivity (Wildman–Crippen MR) is 217 cm³/mol. The second-order valence-electron chi connectivity index (χ2n) is 19.7. The molecule has 0 saturated carbocycles. The Balaban J connectivity index is 2.81. The normalized spacial score (nSPS) is 16.5. The van der Waals surface area contributed by atoms with E-state index in [2.05, 4.69) is 72.9 Å². The number of ether oxygens (including phenoxy) is 2. The minimum Gasteiger partial charge on any atom is -0.379 e. The monoisotopic (exact) mass is 782 g/mol. The molecule has 0 aromatic heterocycles. The largest absolute Gasteiger partial charge is 0.379 e. The van der Waals surface area contributed by atoms with E-state index in [0.29, 0.717) is 52.2 Å². The van der Waals surface area contributed by atoms with Crippen molar-refractivity contribution in [3.05, 3.63) is 0 Å². The van der Waals surface area contributed by atoms with Gasteiger partial charge < -0.3 is 20.1 Å². The van der Waals surface area contributed by atoms with E-state index in [-0.39, 0.29) is 82.9 Å². The Bertz CT molecular complexity index is 1220. The highest BCUT2D eigenvalue weighted by Crippen LogP contribution is 2.42. The summed E-state index contributed by atoms with van der Waals surface area (Å²) in [6.07, 6.45) is 4.06. The third-order valence-electron chi connectivity index (χ3n) is 8.92. The van der Waals surface area contributed by atoms with Gasteiger partial charge in [0.25, 0.3) is 0 Å². The fraction of sp³-hybridized carbons (Fsp3) is 0.857. The van der Waals surface area contributed by atoms with E-state index in [1.54, 1.807) is 6.92 Å². The molecule has 1 fully saturated rings. The van der Waals surface area contributed by atoms with E-state index in [1.807, 2.05) is 20.8 Å². The number of imide groups is 1. The Morgan fingerprint density at radius 1 is 0.722 bits per heavy atom. The molecule has 11 nitrogen and oxygen atoms in total. The van der Waals surface area contributed by atoms with E-state index < -0.39 is 22.2 Å². The van der Waals surface area contributed by atoms with Crippen molar-refractivity contribution in [3.8, 4) is 0 Å². The number of thioether (sulfide) groups is 1. The standard InChI is InChI=1S/C42H75N3O8S/c1-14-45-36(50)25-32(37(45)51)54-26-30(31(46)17-16-21-52-23-24-53-22-20-33(47)41(11,12)13)43-34(48)18-15-19-35(49)44-42(27-38(2,3)4,28-39(5,6)7)29-40(8,9)10/h30,32H,14-29H2,1-13H3,(H,43,48)(H,44,49)/t30-,32?/m0/s1. The maximum absolute atomic E-state index is 13.5. The van der Waals surface area contributed by atoms with E-state index in [0.717, 1.165) is 19.3 Å². The Labute approximate surface area is 331 Å². The molecule has 1 aliphatic rings. The van der Waals surface area contributed by atoms with Gasteiger partial charge in [0.2, 0.25) is 23.6 Å². The zero-order valence-corrected chi connectivity index (χ0v) is 36.9. The first kappa shape index (κ1) is 49.7. The molecular weight excluding hydrogens is 707 g/mol. The van der Waals surface area contributed by atoms with Gasteiger partial charge in [-0.05, 0) is 55.3 Å². The summed E-state index contributed by atoms with van der Waals surface area (Å²) < 4.78 is 11.1.